The normalized spacial score (nSPS) is 10.4. The van der Waals surface area contributed by atoms with Gasteiger partial charge in [0.05, 0.1) is 16.4 Å². The lowest BCUT2D eigenvalue weighted by Gasteiger charge is -2.11. The predicted molar refractivity (Wildman–Crippen MR) is 76.8 cm³/mol. The van der Waals surface area contributed by atoms with Gasteiger partial charge in [-0.05, 0) is 13.0 Å². The Hall–Kier alpha value is -0.870. The molecule has 0 aliphatic heterocycles. The monoisotopic (exact) mass is 268 g/mol. The molecule has 1 rings (SSSR count). The maximum atomic E-state index is 11.8. The van der Waals surface area contributed by atoms with Crippen molar-refractivity contribution in [2.75, 3.05) is 6.61 Å². The van der Waals surface area contributed by atoms with E-state index in [2.05, 4.69) is 13.8 Å². The smallest absolute Gasteiger partial charge is 0.338 e. The van der Waals surface area contributed by atoms with Crippen LogP contribution in [0.5, 0.6) is 0 Å². The summed E-state index contributed by atoms with van der Waals surface area (Å²) in [6.07, 6.45) is 0. The molecule has 1 aromatic rings. The van der Waals surface area contributed by atoms with Crippen LogP contribution >= 0.6 is 24.0 Å². The van der Waals surface area contributed by atoms with Gasteiger partial charge in [0.1, 0.15) is 0 Å². The van der Waals surface area contributed by atoms with Gasteiger partial charge < -0.3 is 4.74 Å². The third-order valence-electron chi connectivity index (χ3n) is 1.99. The molecular formula is C13H16O2S2. The summed E-state index contributed by atoms with van der Waals surface area (Å²) in [6, 6.07) is 7.31. The molecule has 0 fully saturated rings. The summed E-state index contributed by atoms with van der Waals surface area (Å²) in [5.74, 6) is -0.310. The minimum absolute atomic E-state index is 0.310. The first-order valence-electron chi connectivity index (χ1n) is 5.53. The third kappa shape index (κ3) is 4.13. The average molecular weight is 268 g/mol. The number of esters is 1. The molecular weight excluding hydrogens is 252 g/mol. The van der Waals surface area contributed by atoms with Crippen LogP contribution in [0, 0.1) is 0 Å². The predicted octanol–water partition coefficient (Wildman–Crippen LogP) is 3.68. The molecule has 17 heavy (non-hydrogen) atoms. The molecule has 4 heteroatoms. The lowest BCUT2D eigenvalue weighted by atomic mass is 10.1. The summed E-state index contributed by atoms with van der Waals surface area (Å²) < 4.78 is 5.76. The van der Waals surface area contributed by atoms with E-state index in [0.29, 0.717) is 17.4 Å². The Bertz CT molecular complexity index is 414. The molecule has 1 aromatic carbocycles. The highest BCUT2D eigenvalue weighted by atomic mass is 32.2. The van der Waals surface area contributed by atoms with Gasteiger partial charge in [0, 0.05) is 10.8 Å². The molecule has 0 aliphatic rings. The van der Waals surface area contributed by atoms with Gasteiger partial charge in [0.25, 0.3) is 0 Å². The van der Waals surface area contributed by atoms with E-state index < -0.39 is 0 Å². The van der Waals surface area contributed by atoms with Gasteiger partial charge in [-0.1, -0.05) is 44.3 Å². The first-order valence-corrected chi connectivity index (χ1v) is 6.82. The van der Waals surface area contributed by atoms with Gasteiger partial charge in [-0.2, -0.15) is 0 Å². The third-order valence-corrected chi connectivity index (χ3v) is 3.40. The lowest BCUT2D eigenvalue weighted by molar-refractivity contribution is 0.0526. The SMILES string of the molecule is CCOC(=O)c1ccccc1C(=S)SC(C)C. The minimum Gasteiger partial charge on any atom is -0.462 e. The van der Waals surface area contributed by atoms with Crippen LogP contribution in [0.1, 0.15) is 36.7 Å². The fraction of sp³-hybridized carbons (Fsp3) is 0.385. The highest BCUT2D eigenvalue weighted by Gasteiger charge is 2.15. The van der Waals surface area contributed by atoms with E-state index in [0.717, 1.165) is 9.76 Å². The van der Waals surface area contributed by atoms with Gasteiger partial charge >= 0.3 is 5.97 Å². The maximum absolute atomic E-state index is 11.8. The van der Waals surface area contributed by atoms with Crippen LogP contribution in [0.2, 0.25) is 0 Å². The molecule has 0 aliphatic carbocycles. The molecule has 0 amide bonds. The Morgan fingerprint density at radius 2 is 1.94 bits per heavy atom. The largest absolute Gasteiger partial charge is 0.462 e. The van der Waals surface area contributed by atoms with E-state index in [1.165, 1.54) is 0 Å². The number of benzene rings is 1. The second kappa shape index (κ2) is 6.77. The van der Waals surface area contributed by atoms with Crippen molar-refractivity contribution in [2.24, 2.45) is 0 Å². The van der Waals surface area contributed by atoms with Crippen LogP contribution in [0.3, 0.4) is 0 Å². The van der Waals surface area contributed by atoms with E-state index in [1.807, 2.05) is 18.2 Å². The van der Waals surface area contributed by atoms with E-state index in [4.69, 9.17) is 17.0 Å². The van der Waals surface area contributed by atoms with Crippen LogP contribution in [0.15, 0.2) is 24.3 Å². The van der Waals surface area contributed by atoms with E-state index >= 15 is 0 Å². The summed E-state index contributed by atoms with van der Waals surface area (Å²) in [5.41, 5.74) is 1.34. The molecule has 0 bridgehead atoms. The maximum Gasteiger partial charge on any atom is 0.338 e. The van der Waals surface area contributed by atoms with Crippen LogP contribution in [0.4, 0.5) is 0 Å². The number of hydrogen-bond donors (Lipinski definition) is 0. The molecule has 0 N–H and O–H groups in total. The zero-order valence-electron chi connectivity index (χ0n) is 10.2. The van der Waals surface area contributed by atoms with Crippen molar-refractivity contribution in [3.05, 3.63) is 35.4 Å². The van der Waals surface area contributed by atoms with Crippen molar-refractivity contribution in [3.8, 4) is 0 Å². The summed E-state index contributed by atoms with van der Waals surface area (Å²) in [4.78, 5) is 11.8. The summed E-state index contributed by atoms with van der Waals surface area (Å²) >= 11 is 6.92. The number of ether oxygens (including phenoxy) is 1. The van der Waals surface area contributed by atoms with Crippen LogP contribution < -0.4 is 0 Å². The molecule has 0 saturated heterocycles. The zero-order chi connectivity index (χ0) is 12.8. The fourth-order valence-corrected chi connectivity index (χ4v) is 2.81. The molecule has 0 spiro atoms. The molecule has 0 radical (unpaired) electrons. The lowest BCUT2D eigenvalue weighted by Crippen LogP contribution is -2.10. The number of carbonyl (C=O) groups is 1. The van der Waals surface area contributed by atoms with Gasteiger partial charge in [-0.25, -0.2) is 4.79 Å². The average Bonchev–Trinajstić information content (AvgIpc) is 2.28. The summed E-state index contributed by atoms with van der Waals surface area (Å²) in [5, 5.41) is 0.401. The standard InChI is InChI=1S/C13H16O2S2/c1-4-15-12(14)10-7-5-6-8-11(10)13(16)17-9(2)3/h5-9H,4H2,1-3H3. The van der Waals surface area contributed by atoms with Crippen molar-refractivity contribution in [2.45, 2.75) is 26.0 Å². The highest BCUT2D eigenvalue weighted by molar-refractivity contribution is 8.24. The quantitative estimate of drug-likeness (QED) is 0.614. The summed E-state index contributed by atoms with van der Waals surface area (Å²) in [6.45, 7) is 6.31. The van der Waals surface area contributed by atoms with Crippen LogP contribution in [-0.2, 0) is 4.74 Å². The highest BCUT2D eigenvalue weighted by Crippen LogP contribution is 2.22. The first kappa shape index (κ1) is 14.2. The molecule has 0 atom stereocenters. The fourth-order valence-electron chi connectivity index (χ4n) is 1.33. The van der Waals surface area contributed by atoms with Gasteiger partial charge in [-0.3, -0.25) is 0 Å². The Kier molecular flexibility index (Phi) is 5.65. The van der Waals surface area contributed by atoms with E-state index in [1.54, 1.807) is 24.8 Å². The Morgan fingerprint density at radius 1 is 1.35 bits per heavy atom. The van der Waals surface area contributed by atoms with E-state index in [-0.39, 0.29) is 5.97 Å². The van der Waals surface area contributed by atoms with Crippen LogP contribution in [0.25, 0.3) is 0 Å². The molecule has 0 saturated carbocycles. The van der Waals surface area contributed by atoms with Gasteiger partial charge in [0.15, 0.2) is 0 Å². The number of carbonyl (C=O) groups excluding carboxylic acids is 1. The van der Waals surface area contributed by atoms with Gasteiger partial charge in [-0.15, -0.1) is 11.8 Å². The summed E-state index contributed by atoms with van der Waals surface area (Å²) in [7, 11) is 0. The van der Waals surface area contributed by atoms with Crippen molar-refractivity contribution in [1.82, 2.24) is 0 Å². The van der Waals surface area contributed by atoms with Crippen molar-refractivity contribution < 1.29 is 9.53 Å². The van der Waals surface area contributed by atoms with Gasteiger partial charge in [0.2, 0.25) is 0 Å². The minimum atomic E-state index is -0.310. The molecule has 0 aromatic heterocycles. The Labute approximate surface area is 112 Å². The molecule has 0 unspecified atom stereocenters. The van der Waals surface area contributed by atoms with Crippen molar-refractivity contribution in [1.29, 1.82) is 0 Å². The molecule has 0 heterocycles. The van der Waals surface area contributed by atoms with Crippen molar-refractivity contribution >= 4 is 34.1 Å². The number of thioether (sulfide) groups is 1. The number of hydrogen-bond acceptors (Lipinski definition) is 4. The Morgan fingerprint density at radius 3 is 2.47 bits per heavy atom. The van der Waals surface area contributed by atoms with Crippen molar-refractivity contribution in [3.63, 3.8) is 0 Å². The van der Waals surface area contributed by atoms with E-state index in [9.17, 15) is 4.79 Å². The number of thiocarbonyl (C=S) groups is 1. The topological polar surface area (TPSA) is 26.3 Å². The second-order valence-electron chi connectivity index (χ2n) is 3.72. The van der Waals surface area contributed by atoms with Crippen LogP contribution in [-0.4, -0.2) is 22.0 Å². The number of rotatable bonds is 4. The Balaban J connectivity index is 2.99. The second-order valence-corrected chi connectivity index (χ2v) is 5.97. The first-order chi connectivity index (χ1) is 8.06. The molecule has 92 valence electrons. The zero-order valence-corrected chi connectivity index (χ0v) is 11.9. The molecule has 2 nitrogen and oxygen atoms in total.